The molecule has 0 aliphatic rings. The van der Waals surface area contributed by atoms with Crippen LogP contribution in [0.15, 0.2) is 42.5 Å². The topological polar surface area (TPSA) is 76.7 Å². The lowest BCUT2D eigenvalue weighted by Gasteiger charge is -2.10. The minimum absolute atomic E-state index is 0.0448. The van der Waals surface area contributed by atoms with Gasteiger partial charge < -0.3 is 9.47 Å². The van der Waals surface area contributed by atoms with E-state index in [2.05, 4.69) is 10.9 Å². The van der Waals surface area contributed by atoms with Crippen LogP contribution in [0.25, 0.3) is 0 Å². The Morgan fingerprint density at radius 3 is 2.36 bits per heavy atom. The highest BCUT2D eigenvalue weighted by Crippen LogP contribution is 2.24. The molecule has 25 heavy (non-hydrogen) atoms. The van der Waals surface area contributed by atoms with Gasteiger partial charge in [0.05, 0.1) is 5.02 Å². The molecule has 0 atom stereocenters. The van der Waals surface area contributed by atoms with E-state index in [1.807, 2.05) is 19.1 Å². The summed E-state index contributed by atoms with van der Waals surface area (Å²) >= 11 is 5.77. The lowest BCUT2D eigenvalue weighted by atomic mass is 10.2. The summed E-state index contributed by atoms with van der Waals surface area (Å²) < 4.78 is 23.3. The SMILES string of the molecule is Cc1cccc(OCC(=O)NNC(=O)COc2ccc(F)cc2Cl)c1. The van der Waals surface area contributed by atoms with Crippen molar-refractivity contribution >= 4 is 23.4 Å². The third-order valence-corrected chi connectivity index (χ3v) is 3.25. The van der Waals surface area contributed by atoms with Crippen molar-refractivity contribution in [3.05, 3.63) is 58.9 Å². The van der Waals surface area contributed by atoms with Gasteiger partial charge in [0.15, 0.2) is 13.2 Å². The molecule has 0 spiro atoms. The van der Waals surface area contributed by atoms with Gasteiger partial charge in [-0.05, 0) is 42.8 Å². The average Bonchev–Trinajstić information content (AvgIpc) is 2.57. The van der Waals surface area contributed by atoms with Crippen molar-refractivity contribution in [2.24, 2.45) is 0 Å². The third-order valence-electron chi connectivity index (χ3n) is 2.95. The summed E-state index contributed by atoms with van der Waals surface area (Å²) in [5, 5.41) is 0.0448. The largest absolute Gasteiger partial charge is 0.484 e. The Kier molecular flexibility index (Phi) is 6.59. The maximum Gasteiger partial charge on any atom is 0.276 e. The van der Waals surface area contributed by atoms with E-state index in [4.69, 9.17) is 21.1 Å². The van der Waals surface area contributed by atoms with Crippen molar-refractivity contribution in [2.75, 3.05) is 13.2 Å². The number of nitrogens with one attached hydrogen (secondary N) is 2. The molecule has 2 amide bonds. The maximum absolute atomic E-state index is 12.9. The van der Waals surface area contributed by atoms with Crippen molar-refractivity contribution in [2.45, 2.75) is 6.92 Å². The molecular weight excluding hydrogens is 351 g/mol. The van der Waals surface area contributed by atoms with Crippen molar-refractivity contribution in [1.82, 2.24) is 10.9 Å². The molecule has 2 N–H and O–H groups in total. The van der Waals surface area contributed by atoms with E-state index in [9.17, 15) is 14.0 Å². The highest BCUT2D eigenvalue weighted by atomic mass is 35.5. The van der Waals surface area contributed by atoms with Crippen molar-refractivity contribution < 1.29 is 23.5 Å². The van der Waals surface area contributed by atoms with Crippen LogP contribution in [0.3, 0.4) is 0 Å². The highest BCUT2D eigenvalue weighted by molar-refractivity contribution is 6.32. The van der Waals surface area contributed by atoms with Crippen molar-refractivity contribution in [3.63, 3.8) is 0 Å². The monoisotopic (exact) mass is 366 g/mol. The number of hydrazine groups is 1. The highest BCUT2D eigenvalue weighted by Gasteiger charge is 2.09. The van der Waals surface area contributed by atoms with Crippen LogP contribution >= 0.6 is 11.6 Å². The predicted octanol–water partition coefficient (Wildman–Crippen LogP) is 2.39. The van der Waals surface area contributed by atoms with E-state index in [0.717, 1.165) is 17.7 Å². The molecule has 8 heteroatoms. The smallest absolute Gasteiger partial charge is 0.276 e. The number of halogens is 2. The fourth-order valence-electron chi connectivity index (χ4n) is 1.80. The normalized spacial score (nSPS) is 10.0. The van der Waals surface area contributed by atoms with Gasteiger partial charge >= 0.3 is 0 Å². The van der Waals surface area contributed by atoms with E-state index in [1.54, 1.807) is 12.1 Å². The fourth-order valence-corrected chi connectivity index (χ4v) is 2.02. The van der Waals surface area contributed by atoms with E-state index < -0.39 is 24.2 Å². The molecule has 0 fully saturated rings. The maximum atomic E-state index is 12.9. The van der Waals surface area contributed by atoms with Crippen molar-refractivity contribution in [1.29, 1.82) is 0 Å². The number of hydrogen-bond donors (Lipinski definition) is 2. The van der Waals surface area contributed by atoms with Gasteiger partial charge in [0.25, 0.3) is 11.8 Å². The second-order valence-electron chi connectivity index (χ2n) is 5.06. The minimum atomic E-state index is -0.607. The van der Waals surface area contributed by atoms with Gasteiger partial charge in [-0.3, -0.25) is 20.4 Å². The Labute approximate surface area is 148 Å². The predicted molar refractivity (Wildman–Crippen MR) is 89.9 cm³/mol. The molecule has 2 aromatic carbocycles. The van der Waals surface area contributed by atoms with Crippen LogP contribution in [0.5, 0.6) is 11.5 Å². The lowest BCUT2D eigenvalue weighted by Crippen LogP contribution is -2.45. The van der Waals surface area contributed by atoms with E-state index >= 15 is 0 Å². The van der Waals surface area contributed by atoms with Gasteiger partial charge in [0, 0.05) is 0 Å². The van der Waals surface area contributed by atoms with Gasteiger partial charge in [-0.1, -0.05) is 23.7 Å². The number of ether oxygens (including phenoxy) is 2. The summed E-state index contributed by atoms with van der Waals surface area (Å²) in [6.45, 7) is 1.25. The molecule has 0 radical (unpaired) electrons. The quantitative estimate of drug-likeness (QED) is 0.770. The first-order valence-electron chi connectivity index (χ1n) is 7.29. The number of aryl methyl sites for hydroxylation is 1. The number of benzene rings is 2. The minimum Gasteiger partial charge on any atom is -0.484 e. The number of rotatable bonds is 6. The molecule has 0 aromatic heterocycles. The molecule has 0 aliphatic heterocycles. The van der Waals surface area contributed by atoms with Crippen LogP contribution in [0, 0.1) is 12.7 Å². The van der Waals surface area contributed by atoms with Gasteiger partial charge in [0.1, 0.15) is 17.3 Å². The van der Waals surface area contributed by atoms with Crippen LogP contribution < -0.4 is 20.3 Å². The first kappa shape index (κ1) is 18.5. The van der Waals surface area contributed by atoms with Gasteiger partial charge in [-0.25, -0.2) is 4.39 Å². The Morgan fingerprint density at radius 1 is 1.04 bits per heavy atom. The molecule has 0 heterocycles. The summed E-state index contributed by atoms with van der Waals surface area (Å²) in [4.78, 5) is 23.2. The molecule has 0 bridgehead atoms. The lowest BCUT2D eigenvalue weighted by molar-refractivity contribution is -0.131. The Hall–Kier alpha value is -2.80. The van der Waals surface area contributed by atoms with E-state index in [1.165, 1.54) is 6.07 Å². The summed E-state index contributed by atoms with van der Waals surface area (Å²) in [6.07, 6.45) is 0. The Balaban J connectivity index is 1.69. The standard InChI is InChI=1S/C17H16ClFN2O4/c1-11-3-2-4-13(7-11)24-9-16(22)20-21-17(23)10-25-15-6-5-12(19)8-14(15)18/h2-8H,9-10H2,1H3,(H,20,22)(H,21,23). The summed E-state index contributed by atoms with van der Waals surface area (Å²) in [5.74, 6) is -0.940. The molecular formula is C17H16ClFN2O4. The molecule has 2 aromatic rings. The van der Waals surface area contributed by atoms with Gasteiger partial charge in [-0.15, -0.1) is 0 Å². The van der Waals surface area contributed by atoms with Gasteiger partial charge in [0.2, 0.25) is 0 Å². The number of carbonyl (C=O) groups is 2. The molecule has 0 saturated carbocycles. The molecule has 132 valence electrons. The van der Waals surface area contributed by atoms with Gasteiger partial charge in [-0.2, -0.15) is 0 Å². The molecule has 0 unspecified atom stereocenters. The number of amides is 2. The van der Waals surface area contributed by atoms with Crippen LogP contribution in [0.1, 0.15) is 5.56 Å². The second-order valence-corrected chi connectivity index (χ2v) is 5.47. The second kappa shape index (κ2) is 8.89. The van der Waals surface area contributed by atoms with Crippen LogP contribution in [-0.4, -0.2) is 25.0 Å². The summed E-state index contributed by atoms with van der Waals surface area (Å²) in [5.41, 5.74) is 5.36. The molecule has 0 aliphatic carbocycles. The Bertz CT molecular complexity index is 770. The van der Waals surface area contributed by atoms with E-state index in [0.29, 0.717) is 5.75 Å². The van der Waals surface area contributed by atoms with Crippen molar-refractivity contribution in [3.8, 4) is 11.5 Å². The van der Waals surface area contributed by atoms with E-state index in [-0.39, 0.29) is 17.4 Å². The summed E-state index contributed by atoms with van der Waals surface area (Å²) in [7, 11) is 0. The first-order chi connectivity index (χ1) is 11.9. The van der Waals surface area contributed by atoms with Crippen LogP contribution in [0.2, 0.25) is 5.02 Å². The van der Waals surface area contributed by atoms with Crippen LogP contribution in [0.4, 0.5) is 4.39 Å². The molecule has 0 saturated heterocycles. The summed E-state index contributed by atoms with van der Waals surface area (Å²) in [6, 6.07) is 10.7. The molecule has 2 rings (SSSR count). The average molecular weight is 367 g/mol. The Morgan fingerprint density at radius 2 is 1.72 bits per heavy atom. The first-order valence-corrected chi connectivity index (χ1v) is 7.67. The fraction of sp³-hybridized carbons (Fsp3) is 0.176. The number of hydrogen-bond acceptors (Lipinski definition) is 4. The third kappa shape index (κ3) is 6.31. The zero-order valence-corrected chi connectivity index (χ0v) is 14.1. The zero-order chi connectivity index (χ0) is 18.2. The molecule has 6 nitrogen and oxygen atoms in total. The van der Waals surface area contributed by atoms with Crippen LogP contribution in [-0.2, 0) is 9.59 Å². The zero-order valence-electron chi connectivity index (χ0n) is 13.3. The number of carbonyl (C=O) groups excluding carboxylic acids is 2.